The summed E-state index contributed by atoms with van der Waals surface area (Å²) in [6.07, 6.45) is 18.3. The van der Waals surface area contributed by atoms with Crippen molar-refractivity contribution in [1.82, 2.24) is 0 Å². The molecule has 136 heavy (non-hydrogen) atoms. The summed E-state index contributed by atoms with van der Waals surface area (Å²) in [5.74, 6) is -2.82. The van der Waals surface area contributed by atoms with Gasteiger partial charge in [-0.2, -0.15) is 0 Å². The van der Waals surface area contributed by atoms with Gasteiger partial charge in [-0.1, -0.05) is 83.1 Å². The molecule has 24 heteroatoms. The molecule has 0 unspecified atom stereocenters. The molecule has 0 radical (unpaired) electrons. The van der Waals surface area contributed by atoms with Crippen LogP contribution in [-0.4, -0.2) is 145 Å². The zero-order chi connectivity index (χ0) is 97.7. The Balaban J connectivity index is 0.626. The van der Waals surface area contributed by atoms with Gasteiger partial charge in [0.1, 0.15) is 73.2 Å². The van der Waals surface area contributed by atoms with Crippen molar-refractivity contribution >= 4 is 71.6 Å². The van der Waals surface area contributed by atoms with E-state index in [0.717, 1.165) is 77.0 Å². The van der Waals surface area contributed by atoms with Crippen molar-refractivity contribution in [2.45, 2.75) is 443 Å². The van der Waals surface area contributed by atoms with E-state index in [1.807, 2.05) is 0 Å². The molecule has 32 aliphatic rings. The maximum atomic E-state index is 14.6. The fourth-order valence-electron chi connectivity index (χ4n) is 38.7. The van der Waals surface area contributed by atoms with Gasteiger partial charge in [0.2, 0.25) is 0 Å². The Morgan fingerprint density at radius 1 is 0.228 bits per heavy atom. The number of ether oxygens (including phenoxy) is 12. The van der Waals surface area contributed by atoms with Gasteiger partial charge in [0.25, 0.3) is 0 Å². The molecule has 44 atom stereocenters. The molecule has 16 heterocycles. The Morgan fingerprint density at radius 2 is 0.404 bits per heavy atom. The van der Waals surface area contributed by atoms with Gasteiger partial charge in [0.05, 0.1) is 0 Å². The molecule has 32 rings (SSSR count). The highest BCUT2D eigenvalue weighted by molar-refractivity contribution is 5.72. The molecule has 16 aliphatic carbocycles. The highest BCUT2D eigenvalue weighted by atomic mass is 16.6. The van der Waals surface area contributed by atoms with Crippen LogP contribution in [0.1, 0.15) is 370 Å². The minimum absolute atomic E-state index is 0.0141. The molecule has 0 amide bonds. The molecule has 0 N–H and O–H groups in total. The second-order valence-electron chi connectivity index (χ2n) is 50.7. The van der Waals surface area contributed by atoms with E-state index in [9.17, 15) is 57.5 Å². The maximum Gasteiger partial charge on any atom is 0.306 e. The van der Waals surface area contributed by atoms with Gasteiger partial charge in [-0.15, -0.1) is 0 Å². The fourth-order valence-corrected chi connectivity index (χ4v) is 38.7. The quantitative estimate of drug-likeness (QED) is 0.161. The molecule has 0 aromatic carbocycles. The topological polar surface area (TPSA) is 316 Å². The normalized spacial score (nSPS) is 49.9. The average molecular weight is 1900 g/mol. The fraction of sp³-hybridized carbons (Fsp3) is 0.893. The Hall–Kier alpha value is -6.36. The summed E-state index contributed by atoms with van der Waals surface area (Å²) < 4.78 is 79.1. The third kappa shape index (κ3) is 18.0. The highest BCUT2D eigenvalue weighted by Gasteiger charge is 2.74. The van der Waals surface area contributed by atoms with Crippen LogP contribution < -0.4 is 0 Å². The van der Waals surface area contributed by atoms with E-state index in [1.165, 1.54) is 55.4 Å². The summed E-state index contributed by atoms with van der Waals surface area (Å²) >= 11 is 0. The van der Waals surface area contributed by atoms with Gasteiger partial charge in [0.15, 0.2) is 0 Å². The van der Waals surface area contributed by atoms with E-state index in [-0.39, 0.29) is 285 Å². The van der Waals surface area contributed by atoms with Crippen molar-refractivity contribution in [2.24, 2.45) is 185 Å². The zero-order valence-corrected chi connectivity index (χ0v) is 86.0. The van der Waals surface area contributed by atoms with Crippen LogP contribution in [0.25, 0.3) is 0 Å². The standard InChI is InChI=1S/C112H168O24/c1-57-21-33-97(121)133-73-37-41-106(14)69(45-73)50-90(126-62(6)114)102-82-30-26-78(110(82,18)94(54-86(102)106)130-66(10)118)59(3)23-35-99(123)135-75-39-43-108(16)71(47-75)52-92(128-64(8)116)104-84-32-28-80(112(84,20)96(56-88(104)108)132-68(12)120)60(4)24-36-100(124)136-76-40-44-107(15)72(48-76)51-91(127-63(7)115)103-83-31-27-79(111(83,19)95(55-87(103)107)131-67(11)119)58(2)22-34-98(122)134-74-38-42-105(13)70(46-74)49-89(125-61(5)113)101-81-29-25-77(57)109(81,17)93(53-85(101)105)129-65(9)117/h57-60,69-96,101-104H,21-56H2,1-20H3/t57-,58-,59-,60-,69+,70+,71+,72+,73-,74-,75-,76-,77-,78-,79-,80-,81+,82+,83+,84+,85+,86+,87+,88+,89-,90-,91-,92-,93+,94+,95+,96+,101+,102+,103+,104+,105+,106+,107+,108+,109-,110-,111-,112-/m1/s1. The third-order valence-corrected chi connectivity index (χ3v) is 44.7. The first-order valence-electron chi connectivity index (χ1n) is 54.3. The molecule has 760 valence electrons. The first-order valence-corrected chi connectivity index (χ1v) is 54.3. The van der Waals surface area contributed by atoms with Gasteiger partial charge < -0.3 is 56.8 Å². The number of esters is 12. The van der Waals surface area contributed by atoms with E-state index < -0.39 is 70.5 Å². The van der Waals surface area contributed by atoms with E-state index >= 15 is 0 Å². The Labute approximate surface area is 809 Å². The second kappa shape index (κ2) is 38.4. The minimum atomic E-state index is -0.503. The molecule has 0 aromatic rings. The summed E-state index contributed by atoms with van der Waals surface area (Å²) in [5, 5.41) is 0. The second-order valence-corrected chi connectivity index (χ2v) is 50.7. The van der Waals surface area contributed by atoms with Gasteiger partial charge in [-0.3, -0.25) is 57.5 Å². The summed E-state index contributed by atoms with van der Waals surface area (Å²) in [4.78, 5) is 167. The molecule has 0 spiro atoms. The minimum Gasteiger partial charge on any atom is -0.462 e. The van der Waals surface area contributed by atoms with Crippen LogP contribution in [0.2, 0.25) is 0 Å². The Kier molecular flexibility index (Phi) is 28.6. The van der Waals surface area contributed by atoms with Crippen LogP contribution in [0.3, 0.4) is 0 Å². The molecule has 16 aliphatic heterocycles. The van der Waals surface area contributed by atoms with Gasteiger partial charge in [-0.25, -0.2) is 0 Å². The van der Waals surface area contributed by atoms with E-state index in [4.69, 9.17) is 56.8 Å². The smallest absolute Gasteiger partial charge is 0.306 e. The summed E-state index contributed by atoms with van der Waals surface area (Å²) in [6, 6.07) is 0. The van der Waals surface area contributed by atoms with Crippen molar-refractivity contribution in [3.8, 4) is 0 Å². The highest BCUT2D eigenvalue weighted by Crippen LogP contribution is 2.76. The molecule has 16 saturated carbocycles. The Morgan fingerprint density at radius 3 is 0.581 bits per heavy atom. The predicted octanol–water partition coefficient (Wildman–Crippen LogP) is 20.3. The summed E-state index contributed by atoms with van der Waals surface area (Å²) in [5.41, 5.74) is -3.00. The largest absolute Gasteiger partial charge is 0.462 e. The molecule has 0 aromatic heterocycles. The summed E-state index contributed by atoms with van der Waals surface area (Å²) in [6.45, 7) is 39.6. The van der Waals surface area contributed by atoms with Crippen LogP contribution in [-0.2, 0) is 114 Å². The van der Waals surface area contributed by atoms with E-state index in [1.54, 1.807) is 0 Å². The number of hydrogen-bond donors (Lipinski definition) is 0. The van der Waals surface area contributed by atoms with Crippen molar-refractivity contribution in [2.75, 3.05) is 0 Å². The number of rotatable bonds is 8. The summed E-state index contributed by atoms with van der Waals surface area (Å²) in [7, 11) is 0. The Bertz CT molecular complexity index is 3970. The lowest BCUT2D eigenvalue weighted by Crippen LogP contribution is -2.63. The monoisotopic (exact) mass is 1900 g/mol. The maximum absolute atomic E-state index is 14.6. The van der Waals surface area contributed by atoms with Crippen molar-refractivity contribution in [1.29, 1.82) is 0 Å². The van der Waals surface area contributed by atoms with Crippen molar-refractivity contribution in [3.63, 3.8) is 0 Å². The molecule has 24 nitrogen and oxygen atoms in total. The van der Waals surface area contributed by atoms with Crippen LogP contribution >= 0.6 is 0 Å². The van der Waals surface area contributed by atoms with E-state index in [0.29, 0.717) is 128 Å². The molecule has 32 fully saturated rings. The lowest BCUT2D eigenvalue weighted by molar-refractivity contribution is -0.225. The molecular formula is C112H168O24. The predicted molar refractivity (Wildman–Crippen MR) is 501 cm³/mol. The first kappa shape index (κ1) is 101. The third-order valence-electron chi connectivity index (χ3n) is 44.7. The van der Waals surface area contributed by atoms with Crippen molar-refractivity contribution in [3.05, 3.63) is 0 Å². The number of carbonyl (C=O) groups excluding carboxylic acids is 12. The van der Waals surface area contributed by atoms with Crippen LogP contribution in [0.4, 0.5) is 0 Å². The molecular weight excluding hydrogens is 1730 g/mol. The van der Waals surface area contributed by atoms with Gasteiger partial charge in [-0.05, 0) is 345 Å². The van der Waals surface area contributed by atoms with Crippen LogP contribution in [0.15, 0.2) is 0 Å². The molecule has 16 saturated heterocycles. The van der Waals surface area contributed by atoms with E-state index in [2.05, 4.69) is 83.1 Å². The first-order chi connectivity index (χ1) is 64.1. The average Bonchev–Trinajstić information content (AvgIpc) is 1.41. The zero-order valence-electron chi connectivity index (χ0n) is 86.0. The number of carbonyl (C=O) groups is 12. The van der Waals surface area contributed by atoms with Crippen molar-refractivity contribution < 1.29 is 114 Å². The SMILES string of the molecule is CC(=O)O[C@H]1C[C@H]2[C@H]3[C@H](OC(C)=O)C[C@@H]4C[C@@H](CC[C@@]42C)OC(=O)CC[C@@H](C)[C@H]2CC[C@H]4[C@@H]5[C@H](OC(C)=O)C[C@@H]6C[C@@H](CC[C@]6(C)[C@H]5C[C@H](OC(C)=O)[C@]24C)OC(=O)CC[C@@H](C)[C@H]2CC[C@H]4[C@@H]5[C@H](OC(C)=O)C[C@@H]6C[C@@H](CC[C@]6(C)[C@H]5C[C@H](OC(C)=O)[C@]24C)OC(=O)CC[C@@H](C)[C@H]2CC[C@H]4[C@@H]5[C@H](OC(C)=O)C[C@@H]6C[C@@H](CC[C@]6(C)[C@H]5C[C@H](OC(C)=O)[C@]24C)OC(=O)CC[C@@H](C)[C@H]2CC[C@@H]3[C@]12C. The van der Waals surface area contributed by atoms with Crippen LogP contribution in [0, 0.1) is 185 Å². The number of hydrogen-bond acceptors (Lipinski definition) is 24. The molecule has 32 bridgehead atoms. The lowest BCUT2D eigenvalue weighted by Gasteiger charge is -2.64. The van der Waals surface area contributed by atoms with Gasteiger partial charge >= 0.3 is 71.6 Å². The lowest BCUT2D eigenvalue weighted by atomic mass is 9.43. The van der Waals surface area contributed by atoms with Gasteiger partial charge in [0, 0.05) is 126 Å². The van der Waals surface area contributed by atoms with Crippen LogP contribution in [0.5, 0.6) is 0 Å².